The van der Waals surface area contributed by atoms with Gasteiger partial charge in [0.15, 0.2) is 0 Å². The number of nitrogens with two attached hydrogens (primary N) is 1. The molecule has 1 heterocycles. The lowest BCUT2D eigenvalue weighted by molar-refractivity contribution is -0.121. The summed E-state index contributed by atoms with van der Waals surface area (Å²) in [6.45, 7) is 6.32. The summed E-state index contributed by atoms with van der Waals surface area (Å²) in [6.07, 6.45) is 1.82. The highest BCUT2D eigenvalue weighted by molar-refractivity contribution is 5.78. The molecule has 0 fully saturated rings. The number of nitrogen functional groups attached to an aromatic ring is 1. The van der Waals surface area contributed by atoms with E-state index >= 15 is 0 Å². The molecule has 0 aliphatic rings. The number of nitrogens with zero attached hydrogens (tertiary/aromatic N) is 1. The van der Waals surface area contributed by atoms with Crippen molar-refractivity contribution in [3.8, 4) is 0 Å². The van der Waals surface area contributed by atoms with Crippen molar-refractivity contribution >= 4 is 11.6 Å². The third kappa shape index (κ3) is 4.32. The van der Waals surface area contributed by atoms with Crippen molar-refractivity contribution in [3.63, 3.8) is 0 Å². The molecule has 3 N–H and O–H groups in total. The molecular weight excluding hydrogens is 274 g/mol. The van der Waals surface area contributed by atoms with E-state index < -0.39 is 0 Å². The highest BCUT2D eigenvalue weighted by Gasteiger charge is 2.11. The molecule has 1 aromatic carbocycles. The van der Waals surface area contributed by atoms with Gasteiger partial charge in [-0.3, -0.25) is 9.78 Å². The Balaban J connectivity index is 1.94. The van der Waals surface area contributed by atoms with Gasteiger partial charge in [-0.25, -0.2) is 0 Å². The van der Waals surface area contributed by atoms with E-state index in [4.69, 9.17) is 5.73 Å². The minimum Gasteiger partial charge on any atom is -0.397 e. The maximum Gasteiger partial charge on any atom is 0.226 e. The van der Waals surface area contributed by atoms with Crippen molar-refractivity contribution in [3.05, 3.63) is 59.4 Å². The third-order valence-electron chi connectivity index (χ3n) is 3.67. The van der Waals surface area contributed by atoms with Crippen LogP contribution < -0.4 is 11.1 Å². The van der Waals surface area contributed by atoms with Crippen LogP contribution in [-0.2, 0) is 11.2 Å². The Morgan fingerprint density at radius 3 is 2.27 bits per heavy atom. The number of hydrogen-bond acceptors (Lipinski definition) is 3. The molecule has 0 radical (unpaired) electrons. The summed E-state index contributed by atoms with van der Waals surface area (Å²) in [5, 5.41) is 3.00. The Morgan fingerprint density at radius 1 is 1.09 bits per heavy atom. The number of nitrogens with one attached hydrogen (secondary N) is 1. The van der Waals surface area contributed by atoms with Gasteiger partial charge in [0.2, 0.25) is 5.91 Å². The van der Waals surface area contributed by atoms with Crippen LogP contribution in [0.25, 0.3) is 0 Å². The SMILES string of the molecule is CC(C)c1ccc(C(C)NC(=O)Cc2ccc(N)cn2)cc1. The number of aromatic nitrogens is 1. The summed E-state index contributed by atoms with van der Waals surface area (Å²) >= 11 is 0. The standard InChI is InChI=1S/C18H23N3O/c1-12(2)14-4-6-15(7-5-14)13(3)21-18(22)10-17-9-8-16(19)11-20-17/h4-9,11-13H,10,19H2,1-3H3,(H,21,22). The van der Waals surface area contributed by atoms with Gasteiger partial charge in [0.1, 0.15) is 0 Å². The predicted molar refractivity (Wildman–Crippen MR) is 89.4 cm³/mol. The van der Waals surface area contributed by atoms with Crippen molar-refractivity contribution in [2.24, 2.45) is 0 Å². The highest BCUT2D eigenvalue weighted by atomic mass is 16.1. The van der Waals surface area contributed by atoms with Crippen molar-refractivity contribution in [1.29, 1.82) is 0 Å². The molecular formula is C18H23N3O. The maximum atomic E-state index is 12.1. The Hall–Kier alpha value is -2.36. The monoisotopic (exact) mass is 297 g/mol. The largest absolute Gasteiger partial charge is 0.397 e. The third-order valence-corrected chi connectivity index (χ3v) is 3.67. The van der Waals surface area contributed by atoms with E-state index in [1.54, 1.807) is 18.3 Å². The van der Waals surface area contributed by atoms with Gasteiger partial charge in [0.25, 0.3) is 0 Å². The number of carbonyl (C=O) groups excluding carboxylic acids is 1. The van der Waals surface area contributed by atoms with E-state index in [0.29, 0.717) is 17.3 Å². The number of amides is 1. The van der Waals surface area contributed by atoms with Gasteiger partial charge < -0.3 is 11.1 Å². The van der Waals surface area contributed by atoms with E-state index in [1.807, 2.05) is 6.92 Å². The van der Waals surface area contributed by atoms with Crippen LogP contribution in [0.4, 0.5) is 5.69 Å². The summed E-state index contributed by atoms with van der Waals surface area (Å²) < 4.78 is 0. The number of benzene rings is 1. The van der Waals surface area contributed by atoms with Gasteiger partial charge in [0.05, 0.1) is 24.3 Å². The molecule has 2 rings (SSSR count). The summed E-state index contributed by atoms with van der Waals surface area (Å²) in [5.41, 5.74) is 9.30. The molecule has 4 nitrogen and oxygen atoms in total. The molecule has 0 aliphatic carbocycles. The molecule has 116 valence electrons. The van der Waals surface area contributed by atoms with Gasteiger partial charge >= 0.3 is 0 Å². The van der Waals surface area contributed by atoms with E-state index in [2.05, 4.69) is 48.4 Å². The van der Waals surface area contributed by atoms with Crippen molar-refractivity contribution in [1.82, 2.24) is 10.3 Å². The molecule has 2 aromatic rings. The van der Waals surface area contributed by atoms with E-state index in [9.17, 15) is 4.79 Å². The molecule has 0 aliphatic heterocycles. The van der Waals surface area contributed by atoms with Crippen LogP contribution in [-0.4, -0.2) is 10.9 Å². The zero-order valence-corrected chi connectivity index (χ0v) is 13.3. The summed E-state index contributed by atoms with van der Waals surface area (Å²) in [6, 6.07) is 11.9. The normalized spacial score (nSPS) is 12.2. The topological polar surface area (TPSA) is 68.0 Å². The van der Waals surface area contributed by atoms with Crippen LogP contribution in [0.15, 0.2) is 42.6 Å². The average molecular weight is 297 g/mol. The molecule has 1 amide bonds. The Bertz CT molecular complexity index is 618. The minimum atomic E-state index is -0.0438. The number of hydrogen-bond donors (Lipinski definition) is 2. The number of pyridine rings is 1. The second kappa shape index (κ2) is 7.07. The Kier molecular flexibility index (Phi) is 5.15. The second-order valence-electron chi connectivity index (χ2n) is 5.87. The lowest BCUT2D eigenvalue weighted by Crippen LogP contribution is -2.28. The lowest BCUT2D eigenvalue weighted by atomic mass is 9.99. The molecule has 0 saturated carbocycles. The molecule has 0 saturated heterocycles. The molecule has 22 heavy (non-hydrogen) atoms. The number of anilines is 1. The zero-order valence-electron chi connectivity index (χ0n) is 13.3. The van der Waals surface area contributed by atoms with Gasteiger partial charge in [-0.1, -0.05) is 38.1 Å². The van der Waals surface area contributed by atoms with E-state index in [1.165, 1.54) is 5.56 Å². The quantitative estimate of drug-likeness (QED) is 0.890. The van der Waals surface area contributed by atoms with Gasteiger partial charge in [0, 0.05) is 5.69 Å². The first kappa shape index (κ1) is 16.0. The predicted octanol–water partition coefficient (Wildman–Crippen LogP) is 3.21. The number of carbonyl (C=O) groups is 1. The Morgan fingerprint density at radius 2 is 1.73 bits per heavy atom. The van der Waals surface area contributed by atoms with Crippen LogP contribution in [0.2, 0.25) is 0 Å². The molecule has 0 bridgehead atoms. The number of rotatable bonds is 5. The van der Waals surface area contributed by atoms with Crippen LogP contribution >= 0.6 is 0 Å². The lowest BCUT2D eigenvalue weighted by Gasteiger charge is -2.15. The first-order valence-electron chi connectivity index (χ1n) is 7.55. The van der Waals surface area contributed by atoms with Crippen molar-refractivity contribution in [2.75, 3.05) is 5.73 Å². The van der Waals surface area contributed by atoms with Crippen LogP contribution in [0.1, 0.15) is 49.6 Å². The van der Waals surface area contributed by atoms with Crippen LogP contribution in [0.5, 0.6) is 0 Å². The summed E-state index contributed by atoms with van der Waals surface area (Å²) in [5.74, 6) is 0.466. The van der Waals surface area contributed by atoms with Crippen molar-refractivity contribution in [2.45, 2.75) is 39.2 Å². The molecule has 4 heteroatoms. The van der Waals surface area contributed by atoms with Crippen LogP contribution in [0, 0.1) is 0 Å². The Labute approximate surface area is 131 Å². The average Bonchev–Trinajstić information content (AvgIpc) is 2.49. The molecule has 1 aromatic heterocycles. The van der Waals surface area contributed by atoms with Crippen molar-refractivity contribution < 1.29 is 4.79 Å². The van der Waals surface area contributed by atoms with E-state index in [-0.39, 0.29) is 18.4 Å². The fourth-order valence-electron chi connectivity index (χ4n) is 2.25. The fraction of sp³-hybridized carbons (Fsp3) is 0.333. The summed E-state index contributed by atoms with van der Waals surface area (Å²) in [4.78, 5) is 16.2. The minimum absolute atomic E-state index is 0.0255. The van der Waals surface area contributed by atoms with E-state index in [0.717, 1.165) is 5.56 Å². The first-order chi connectivity index (χ1) is 10.5. The molecule has 0 spiro atoms. The van der Waals surface area contributed by atoms with Gasteiger partial charge in [-0.05, 0) is 36.1 Å². The summed E-state index contributed by atoms with van der Waals surface area (Å²) in [7, 11) is 0. The smallest absolute Gasteiger partial charge is 0.226 e. The highest BCUT2D eigenvalue weighted by Crippen LogP contribution is 2.18. The molecule has 1 atom stereocenters. The second-order valence-corrected chi connectivity index (χ2v) is 5.87. The molecule has 1 unspecified atom stereocenters. The first-order valence-corrected chi connectivity index (χ1v) is 7.55. The van der Waals surface area contributed by atoms with Gasteiger partial charge in [-0.2, -0.15) is 0 Å². The zero-order chi connectivity index (χ0) is 16.1. The van der Waals surface area contributed by atoms with Crippen LogP contribution in [0.3, 0.4) is 0 Å². The maximum absolute atomic E-state index is 12.1. The van der Waals surface area contributed by atoms with Gasteiger partial charge in [-0.15, -0.1) is 0 Å². The fourth-order valence-corrected chi connectivity index (χ4v) is 2.25.